The molecule has 1 heterocycles. The quantitative estimate of drug-likeness (QED) is 0.665. The Morgan fingerprint density at radius 2 is 2.24 bits per heavy atom. The minimum absolute atomic E-state index is 0.163. The largest absolute Gasteiger partial charge is 0.493 e. The van der Waals surface area contributed by atoms with Crippen LogP contribution in [-0.4, -0.2) is 15.9 Å². The SMILES string of the molecule is Cc1cccc(N=Cc2sc(=S)n(C)c2O)c1. The van der Waals surface area contributed by atoms with Gasteiger partial charge in [0.05, 0.1) is 11.9 Å². The van der Waals surface area contributed by atoms with Gasteiger partial charge >= 0.3 is 0 Å². The fourth-order valence-electron chi connectivity index (χ4n) is 1.39. The molecule has 0 saturated heterocycles. The van der Waals surface area contributed by atoms with Gasteiger partial charge in [-0.15, -0.1) is 0 Å². The van der Waals surface area contributed by atoms with Crippen LogP contribution in [0.15, 0.2) is 29.3 Å². The van der Waals surface area contributed by atoms with Gasteiger partial charge in [0.2, 0.25) is 5.88 Å². The van der Waals surface area contributed by atoms with Crippen molar-refractivity contribution in [2.45, 2.75) is 6.92 Å². The van der Waals surface area contributed by atoms with Crippen molar-refractivity contribution in [3.8, 4) is 5.88 Å². The molecule has 2 rings (SSSR count). The topological polar surface area (TPSA) is 37.5 Å². The van der Waals surface area contributed by atoms with Gasteiger partial charge in [0.1, 0.15) is 4.88 Å². The van der Waals surface area contributed by atoms with Crippen LogP contribution in [-0.2, 0) is 7.05 Å². The molecule has 0 saturated carbocycles. The van der Waals surface area contributed by atoms with Gasteiger partial charge in [0.25, 0.3) is 0 Å². The highest BCUT2D eigenvalue weighted by Gasteiger charge is 2.05. The van der Waals surface area contributed by atoms with E-state index in [1.165, 1.54) is 11.3 Å². The first kappa shape index (κ1) is 12.0. The van der Waals surface area contributed by atoms with Gasteiger partial charge in [0.15, 0.2) is 3.95 Å². The van der Waals surface area contributed by atoms with Crippen molar-refractivity contribution in [2.24, 2.45) is 12.0 Å². The number of nitrogens with zero attached hydrogens (tertiary/aromatic N) is 2. The molecule has 0 amide bonds. The van der Waals surface area contributed by atoms with E-state index in [0.717, 1.165) is 11.3 Å². The second kappa shape index (κ2) is 4.81. The maximum absolute atomic E-state index is 9.77. The number of rotatable bonds is 2. The van der Waals surface area contributed by atoms with Crippen molar-refractivity contribution in [3.63, 3.8) is 0 Å². The molecule has 0 aliphatic heterocycles. The van der Waals surface area contributed by atoms with Gasteiger partial charge in [-0.2, -0.15) is 0 Å². The minimum atomic E-state index is 0.163. The van der Waals surface area contributed by atoms with E-state index in [-0.39, 0.29) is 5.88 Å². The first-order valence-corrected chi connectivity index (χ1v) is 6.30. The van der Waals surface area contributed by atoms with Crippen molar-refractivity contribution in [3.05, 3.63) is 38.7 Å². The van der Waals surface area contributed by atoms with E-state index in [1.807, 2.05) is 31.2 Å². The average molecular weight is 264 g/mol. The van der Waals surface area contributed by atoms with Crippen LogP contribution in [0.3, 0.4) is 0 Å². The van der Waals surface area contributed by atoms with Crippen molar-refractivity contribution in [1.29, 1.82) is 0 Å². The first-order valence-electron chi connectivity index (χ1n) is 5.07. The maximum atomic E-state index is 9.77. The van der Waals surface area contributed by atoms with E-state index in [9.17, 15) is 5.11 Å². The molecule has 0 aliphatic carbocycles. The smallest absolute Gasteiger partial charge is 0.211 e. The van der Waals surface area contributed by atoms with Crippen LogP contribution in [0.1, 0.15) is 10.4 Å². The van der Waals surface area contributed by atoms with Gasteiger partial charge < -0.3 is 5.11 Å². The standard InChI is InChI=1S/C12H12N2OS2/c1-8-4-3-5-9(6-8)13-7-10-11(15)14(2)12(16)17-10/h3-7,15H,1-2H3. The molecule has 3 nitrogen and oxygen atoms in total. The van der Waals surface area contributed by atoms with Crippen LogP contribution in [0, 0.1) is 10.9 Å². The number of thiazole rings is 1. The summed E-state index contributed by atoms with van der Waals surface area (Å²) < 4.78 is 2.20. The van der Waals surface area contributed by atoms with Crippen LogP contribution >= 0.6 is 23.6 Å². The summed E-state index contributed by atoms with van der Waals surface area (Å²) in [6.45, 7) is 2.02. The average Bonchev–Trinajstić information content (AvgIpc) is 2.54. The molecular weight excluding hydrogens is 252 g/mol. The van der Waals surface area contributed by atoms with E-state index < -0.39 is 0 Å². The van der Waals surface area contributed by atoms with Crippen LogP contribution in [0.5, 0.6) is 5.88 Å². The molecule has 0 aliphatic rings. The summed E-state index contributed by atoms with van der Waals surface area (Å²) in [4.78, 5) is 5.00. The van der Waals surface area contributed by atoms with Crippen molar-refractivity contribution in [1.82, 2.24) is 4.57 Å². The summed E-state index contributed by atoms with van der Waals surface area (Å²) in [6, 6.07) is 7.87. The first-order chi connectivity index (χ1) is 8.08. The van der Waals surface area contributed by atoms with E-state index in [0.29, 0.717) is 8.83 Å². The fourth-order valence-corrected chi connectivity index (χ4v) is 2.49. The lowest BCUT2D eigenvalue weighted by Crippen LogP contribution is -1.85. The summed E-state index contributed by atoms with van der Waals surface area (Å²) in [6.07, 6.45) is 1.64. The summed E-state index contributed by atoms with van der Waals surface area (Å²) in [5.74, 6) is 0.163. The molecule has 1 aromatic carbocycles. The lowest BCUT2D eigenvalue weighted by atomic mass is 10.2. The molecule has 0 bridgehead atoms. The predicted octanol–water partition coefficient (Wildman–Crippen LogP) is 3.58. The molecule has 0 spiro atoms. The Bertz CT molecular complexity index is 626. The highest BCUT2D eigenvalue weighted by Crippen LogP contribution is 2.23. The molecule has 88 valence electrons. The molecular formula is C12H12N2OS2. The zero-order valence-electron chi connectivity index (χ0n) is 9.54. The second-order valence-electron chi connectivity index (χ2n) is 3.71. The Morgan fingerprint density at radius 3 is 2.82 bits per heavy atom. The van der Waals surface area contributed by atoms with Gasteiger partial charge in [-0.05, 0) is 36.8 Å². The van der Waals surface area contributed by atoms with Gasteiger partial charge in [-0.1, -0.05) is 23.5 Å². The Morgan fingerprint density at radius 1 is 1.47 bits per heavy atom. The molecule has 0 unspecified atom stereocenters. The molecule has 5 heteroatoms. The van der Waals surface area contributed by atoms with E-state index in [1.54, 1.807) is 17.8 Å². The Balaban J connectivity index is 2.32. The molecule has 1 aromatic heterocycles. The van der Waals surface area contributed by atoms with Crippen LogP contribution in [0.4, 0.5) is 5.69 Å². The third kappa shape index (κ3) is 2.62. The third-order valence-electron chi connectivity index (χ3n) is 2.34. The van der Waals surface area contributed by atoms with Crippen molar-refractivity contribution in [2.75, 3.05) is 0 Å². The van der Waals surface area contributed by atoms with Gasteiger partial charge in [-0.25, -0.2) is 0 Å². The number of aryl methyl sites for hydroxylation is 1. The van der Waals surface area contributed by atoms with Crippen LogP contribution < -0.4 is 0 Å². The molecule has 2 aromatic rings. The Labute approximate surface area is 109 Å². The number of aliphatic imine (C=N–C) groups is 1. The maximum Gasteiger partial charge on any atom is 0.211 e. The number of benzene rings is 1. The molecule has 0 radical (unpaired) electrons. The highest BCUT2D eigenvalue weighted by atomic mass is 32.1. The summed E-state index contributed by atoms with van der Waals surface area (Å²) >= 11 is 6.42. The monoisotopic (exact) mass is 264 g/mol. The zero-order chi connectivity index (χ0) is 12.4. The molecule has 17 heavy (non-hydrogen) atoms. The highest BCUT2D eigenvalue weighted by molar-refractivity contribution is 7.73. The number of hydrogen-bond donors (Lipinski definition) is 1. The zero-order valence-corrected chi connectivity index (χ0v) is 11.2. The summed E-state index contributed by atoms with van der Waals surface area (Å²) in [7, 11) is 1.73. The van der Waals surface area contributed by atoms with E-state index >= 15 is 0 Å². The Kier molecular flexibility index (Phi) is 3.40. The van der Waals surface area contributed by atoms with Crippen LogP contribution in [0.2, 0.25) is 0 Å². The fraction of sp³-hybridized carbons (Fsp3) is 0.167. The van der Waals surface area contributed by atoms with E-state index in [2.05, 4.69) is 4.99 Å². The minimum Gasteiger partial charge on any atom is -0.493 e. The number of aromatic nitrogens is 1. The van der Waals surface area contributed by atoms with Crippen molar-refractivity contribution < 1.29 is 5.11 Å². The summed E-state index contributed by atoms with van der Waals surface area (Å²) in [5.41, 5.74) is 2.02. The Hall–Kier alpha value is -1.46. The molecule has 0 atom stereocenters. The van der Waals surface area contributed by atoms with Gasteiger partial charge in [0, 0.05) is 7.05 Å². The lowest BCUT2D eigenvalue weighted by Gasteiger charge is -1.95. The van der Waals surface area contributed by atoms with Gasteiger partial charge in [-0.3, -0.25) is 9.56 Å². The van der Waals surface area contributed by atoms with Crippen molar-refractivity contribution >= 4 is 35.5 Å². The predicted molar refractivity (Wildman–Crippen MR) is 74.2 cm³/mol. The summed E-state index contributed by atoms with van der Waals surface area (Å²) in [5, 5.41) is 9.77. The normalized spacial score (nSPS) is 11.2. The molecule has 0 fully saturated rings. The number of aromatic hydroxyl groups is 1. The molecule has 1 N–H and O–H groups in total. The number of hydrogen-bond acceptors (Lipinski definition) is 4. The second-order valence-corrected chi connectivity index (χ2v) is 5.39. The lowest BCUT2D eigenvalue weighted by molar-refractivity contribution is 0.430. The van der Waals surface area contributed by atoms with Crippen LogP contribution in [0.25, 0.3) is 0 Å². The van der Waals surface area contributed by atoms with E-state index in [4.69, 9.17) is 12.2 Å². The third-order valence-corrected chi connectivity index (χ3v) is 3.82.